The highest BCUT2D eigenvalue weighted by molar-refractivity contribution is 5.52. The topological polar surface area (TPSA) is 28.2 Å². The van der Waals surface area contributed by atoms with Gasteiger partial charge in [0.15, 0.2) is 0 Å². The fourth-order valence-electron chi connectivity index (χ4n) is 1.90. The molecule has 0 aliphatic carbocycles. The molecule has 0 amide bonds. The fourth-order valence-corrected chi connectivity index (χ4v) is 1.90. The highest BCUT2D eigenvalue weighted by Crippen LogP contribution is 2.20. The summed E-state index contributed by atoms with van der Waals surface area (Å²) in [5, 5.41) is 3.53. The summed E-state index contributed by atoms with van der Waals surface area (Å²) in [6.07, 6.45) is 3.81. The van der Waals surface area contributed by atoms with Gasteiger partial charge >= 0.3 is 0 Å². The van der Waals surface area contributed by atoms with Crippen molar-refractivity contribution < 1.29 is 0 Å². The Labute approximate surface area is 117 Å². The smallest absolute Gasteiger partial charge is 0.0601 e. The van der Waals surface area contributed by atoms with Crippen LogP contribution in [0.1, 0.15) is 40.2 Å². The third-order valence-electron chi connectivity index (χ3n) is 2.88. The van der Waals surface area contributed by atoms with Crippen LogP contribution in [-0.4, -0.2) is 23.6 Å². The van der Waals surface area contributed by atoms with Crippen LogP contribution in [0.15, 0.2) is 30.6 Å². The second kappa shape index (κ2) is 6.71. The molecule has 3 nitrogen and oxygen atoms in total. The van der Waals surface area contributed by atoms with Crippen molar-refractivity contribution in [2.45, 2.75) is 46.7 Å². The highest BCUT2D eigenvalue weighted by atomic mass is 15.1. The normalized spacial score (nSPS) is 11.4. The molecule has 0 atom stereocenters. The van der Waals surface area contributed by atoms with Crippen molar-refractivity contribution in [3.63, 3.8) is 0 Å². The molecule has 1 aromatic heterocycles. The minimum atomic E-state index is 0.117. The summed E-state index contributed by atoms with van der Waals surface area (Å²) in [6.45, 7) is 17.5. The van der Waals surface area contributed by atoms with Gasteiger partial charge in [0.1, 0.15) is 0 Å². The SMILES string of the molecule is C=C(C)CN(CC)c1cnccc1CNC(C)(C)C. The van der Waals surface area contributed by atoms with Crippen LogP contribution in [0.25, 0.3) is 0 Å². The Morgan fingerprint density at radius 1 is 1.42 bits per heavy atom. The van der Waals surface area contributed by atoms with Gasteiger partial charge in [-0.2, -0.15) is 0 Å². The number of likely N-dealkylation sites (N-methyl/N-ethyl adjacent to an activating group) is 1. The van der Waals surface area contributed by atoms with E-state index >= 15 is 0 Å². The molecule has 1 rings (SSSR count). The third-order valence-corrected chi connectivity index (χ3v) is 2.88. The van der Waals surface area contributed by atoms with Crippen LogP contribution in [0.4, 0.5) is 5.69 Å². The molecule has 0 unspecified atom stereocenters. The van der Waals surface area contributed by atoms with E-state index in [2.05, 4.69) is 62.5 Å². The molecule has 19 heavy (non-hydrogen) atoms. The Kier molecular flexibility index (Phi) is 5.55. The molecule has 106 valence electrons. The molecule has 0 bridgehead atoms. The molecule has 1 aromatic rings. The van der Waals surface area contributed by atoms with Gasteiger partial charge in [-0.1, -0.05) is 12.2 Å². The molecule has 1 N–H and O–H groups in total. The Bertz CT molecular complexity index is 418. The predicted octanol–water partition coefficient (Wildman–Crippen LogP) is 3.37. The lowest BCUT2D eigenvalue weighted by Crippen LogP contribution is -2.36. The number of anilines is 1. The summed E-state index contributed by atoms with van der Waals surface area (Å²) in [5.41, 5.74) is 3.77. The van der Waals surface area contributed by atoms with Crippen molar-refractivity contribution >= 4 is 5.69 Å². The van der Waals surface area contributed by atoms with Crippen LogP contribution in [0.2, 0.25) is 0 Å². The zero-order valence-electron chi connectivity index (χ0n) is 13.0. The van der Waals surface area contributed by atoms with Gasteiger partial charge in [0, 0.05) is 31.4 Å². The number of aromatic nitrogens is 1. The van der Waals surface area contributed by atoms with Gasteiger partial charge < -0.3 is 10.2 Å². The van der Waals surface area contributed by atoms with Crippen molar-refractivity contribution in [2.24, 2.45) is 0 Å². The molecule has 0 saturated heterocycles. The van der Waals surface area contributed by atoms with E-state index in [-0.39, 0.29) is 5.54 Å². The summed E-state index contributed by atoms with van der Waals surface area (Å²) in [6, 6.07) is 2.09. The molecule has 3 heteroatoms. The molecule has 0 aliphatic heterocycles. The minimum Gasteiger partial charge on any atom is -0.366 e. The third kappa shape index (κ3) is 5.43. The highest BCUT2D eigenvalue weighted by Gasteiger charge is 2.13. The minimum absolute atomic E-state index is 0.117. The van der Waals surface area contributed by atoms with Crippen molar-refractivity contribution in [3.8, 4) is 0 Å². The number of nitrogens with one attached hydrogen (secondary N) is 1. The molecule has 0 aromatic carbocycles. The molecule has 0 aliphatic rings. The van der Waals surface area contributed by atoms with Crippen LogP contribution in [0.3, 0.4) is 0 Å². The Balaban J connectivity index is 2.90. The van der Waals surface area contributed by atoms with Gasteiger partial charge in [0.25, 0.3) is 0 Å². The van der Waals surface area contributed by atoms with E-state index in [4.69, 9.17) is 0 Å². The van der Waals surface area contributed by atoms with Crippen molar-refractivity contribution in [3.05, 3.63) is 36.2 Å². The summed E-state index contributed by atoms with van der Waals surface area (Å²) < 4.78 is 0. The fraction of sp³-hybridized carbons (Fsp3) is 0.562. The van der Waals surface area contributed by atoms with E-state index in [9.17, 15) is 0 Å². The van der Waals surface area contributed by atoms with E-state index < -0.39 is 0 Å². The predicted molar refractivity (Wildman–Crippen MR) is 83.5 cm³/mol. The monoisotopic (exact) mass is 261 g/mol. The molecule has 0 saturated carbocycles. The lowest BCUT2D eigenvalue weighted by Gasteiger charge is -2.27. The molecule has 0 spiro atoms. The number of pyridine rings is 1. The van der Waals surface area contributed by atoms with Gasteiger partial charge in [0.2, 0.25) is 0 Å². The maximum absolute atomic E-state index is 4.27. The van der Waals surface area contributed by atoms with Gasteiger partial charge in [0.05, 0.1) is 11.9 Å². The molecular formula is C16H27N3. The zero-order chi connectivity index (χ0) is 14.5. The van der Waals surface area contributed by atoms with E-state index in [0.717, 1.165) is 19.6 Å². The molecule has 0 fully saturated rings. The Morgan fingerprint density at radius 2 is 2.11 bits per heavy atom. The molecule has 0 radical (unpaired) electrons. The van der Waals surface area contributed by atoms with Crippen LogP contribution in [0, 0.1) is 0 Å². The molecular weight excluding hydrogens is 234 g/mol. The first-order chi connectivity index (χ1) is 8.83. The number of hydrogen-bond acceptors (Lipinski definition) is 3. The standard InChI is InChI=1S/C16H27N3/c1-7-19(12-13(2)3)15-11-17-9-8-14(15)10-18-16(4,5)6/h8-9,11,18H,2,7,10,12H2,1,3-6H3. The lowest BCUT2D eigenvalue weighted by atomic mass is 10.1. The van der Waals surface area contributed by atoms with E-state index in [0.29, 0.717) is 0 Å². The lowest BCUT2D eigenvalue weighted by molar-refractivity contribution is 0.424. The Morgan fingerprint density at radius 3 is 2.63 bits per heavy atom. The second-order valence-corrected chi connectivity index (χ2v) is 6.08. The first-order valence-corrected chi connectivity index (χ1v) is 6.90. The van der Waals surface area contributed by atoms with Gasteiger partial charge in [-0.25, -0.2) is 0 Å². The van der Waals surface area contributed by atoms with E-state index in [1.54, 1.807) is 0 Å². The summed E-state index contributed by atoms with van der Waals surface area (Å²) in [4.78, 5) is 6.58. The first-order valence-electron chi connectivity index (χ1n) is 6.90. The number of nitrogens with zero attached hydrogens (tertiary/aromatic N) is 2. The largest absolute Gasteiger partial charge is 0.366 e. The number of hydrogen-bond donors (Lipinski definition) is 1. The number of rotatable bonds is 6. The average Bonchev–Trinajstić information content (AvgIpc) is 2.33. The van der Waals surface area contributed by atoms with Crippen LogP contribution < -0.4 is 10.2 Å². The van der Waals surface area contributed by atoms with Crippen LogP contribution >= 0.6 is 0 Å². The van der Waals surface area contributed by atoms with Gasteiger partial charge in [-0.3, -0.25) is 4.98 Å². The van der Waals surface area contributed by atoms with Gasteiger partial charge in [-0.05, 0) is 46.2 Å². The summed E-state index contributed by atoms with van der Waals surface area (Å²) >= 11 is 0. The van der Waals surface area contributed by atoms with E-state index in [1.807, 2.05) is 12.4 Å². The maximum Gasteiger partial charge on any atom is 0.0601 e. The van der Waals surface area contributed by atoms with Crippen molar-refractivity contribution in [2.75, 3.05) is 18.0 Å². The van der Waals surface area contributed by atoms with E-state index in [1.165, 1.54) is 16.8 Å². The maximum atomic E-state index is 4.27. The van der Waals surface area contributed by atoms with Gasteiger partial charge in [-0.15, -0.1) is 0 Å². The van der Waals surface area contributed by atoms with Crippen molar-refractivity contribution in [1.82, 2.24) is 10.3 Å². The quantitative estimate of drug-likeness (QED) is 0.796. The first kappa shape index (κ1) is 15.7. The zero-order valence-corrected chi connectivity index (χ0v) is 13.0. The second-order valence-electron chi connectivity index (χ2n) is 6.08. The average molecular weight is 261 g/mol. The van der Waals surface area contributed by atoms with Crippen molar-refractivity contribution in [1.29, 1.82) is 0 Å². The Hall–Kier alpha value is -1.35. The van der Waals surface area contributed by atoms with Crippen LogP contribution in [-0.2, 0) is 6.54 Å². The summed E-state index contributed by atoms with van der Waals surface area (Å²) in [5.74, 6) is 0. The van der Waals surface area contributed by atoms with Crippen LogP contribution in [0.5, 0.6) is 0 Å². The summed E-state index contributed by atoms with van der Waals surface area (Å²) in [7, 11) is 0. The molecule has 1 heterocycles.